The largest absolute Gasteiger partial charge is 0.508 e. The van der Waals surface area contributed by atoms with Crippen LogP contribution in [0.15, 0.2) is 23.7 Å². The van der Waals surface area contributed by atoms with Gasteiger partial charge >= 0.3 is 0 Å². The summed E-state index contributed by atoms with van der Waals surface area (Å²) in [5, 5.41) is 18.2. The van der Waals surface area contributed by atoms with Crippen LogP contribution >= 0.6 is 0 Å². The molecule has 0 unspecified atom stereocenters. The Kier molecular flexibility index (Phi) is 2.22. The third kappa shape index (κ3) is 1.76. The van der Waals surface area contributed by atoms with E-state index in [0.29, 0.717) is 12.3 Å². The molecule has 0 aromatic rings. The molecule has 0 amide bonds. The van der Waals surface area contributed by atoms with Crippen molar-refractivity contribution in [2.24, 2.45) is 5.92 Å². The molecule has 0 spiro atoms. The SMILES string of the molecule is CC(C)[C]1C=CC(O)=C(O)C1. The summed E-state index contributed by atoms with van der Waals surface area (Å²) in [4.78, 5) is 0. The number of allylic oxidation sites excluding steroid dienone is 3. The highest BCUT2D eigenvalue weighted by molar-refractivity contribution is 5.30. The van der Waals surface area contributed by atoms with Crippen molar-refractivity contribution in [2.45, 2.75) is 20.3 Å². The fraction of sp³-hybridized carbons (Fsp3) is 0.444. The van der Waals surface area contributed by atoms with Crippen molar-refractivity contribution in [3.05, 3.63) is 29.6 Å². The smallest absolute Gasteiger partial charge is 0.152 e. The summed E-state index contributed by atoms with van der Waals surface area (Å²) in [7, 11) is 0. The second-order valence-electron chi connectivity index (χ2n) is 3.07. The molecule has 2 N–H and O–H groups in total. The van der Waals surface area contributed by atoms with Gasteiger partial charge in [-0.25, -0.2) is 0 Å². The van der Waals surface area contributed by atoms with E-state index in [4.69, 9.17) is 10.2 Å². The molecule has 2 heteroatoms. The van der Waals surface area contributed by atoms with Crippen LogP contribution in [0, 0.1) is 11.8 Å². The average molecular weight is 153 g/mol. The Morgan fingerprint density at radius 3 is 2.36 bits per heavy atom. The topological polar surface area (TPSA) is 40.5 Å². The first-order valence-electron chi connectivity index (χ1n) is 3.76. The lowest BCUT2D eigenvalue weighted by Gasteiger charge is -2.18. The van der Waals surface area contributed by atoms with Crippen LogP contribution in [0.25, 0.3) is 0 Å². The molecule has 0 atom stereocenters. The van der Waals surface area contributed by atoms with Crippen LogP contribution in [0.1, 0.15) is 20.3 Å². The summed E-state index contributed by atoms with van der Waals surface area (Å²) in [5.74, 6) is 1.66. The van der Waals surface area contributed by atoms with E-state index in [0.717, 1.165) is 5.92 Å². The molecule has 0 saturated carbocycles. The molecule has 1 radical (unpaired) electrons. The molecule has 11 heavy (non-hydrogen) atoms. The van der Waals surface area contributed by atoms with Gasteiger partial charge in [0.05, 0.1) is 0 Å². The van der Waals surface area contributed by atoms with E-state index in [-0.39, 0.29) is 11.5 Å². The number of aliphatic hydroxyl groups excluding tert-OH is 2. The van der Waals surface area contributed by atoms with E-state index in [9.17, 15) is 0 Å². The summed E-state index contributed by atoms with van der Waals surface area (Å²) >= 11 is 0. The maximum atomic E-state index is 9.15. The first-order chi connectivity index (χ1) is 5.11. The van der Waals surface area contributed by atoms with Gasteiger partial charge in [-0.05, 0) is 12.0 Å². The molecular weight excluding hydrogens is 140 g/mol. The lowest BCUT2D eigenvalue weighted by Crippen LogP contribution is -2.08. The Balaban J connectivity index is 2.67. The highest BCUT2D eigenvalue weighted by atomic mass is 16.3. The van der Waals surface area contributed by atoms with Crippen molar-refractivity contribution >= 4 is 0 Å². The van der Waals surface area contributed by atoms with Gasteiger partial charge in [0.1, 0.15) is 5.76 Å². The van der Waals surface area contributed by atoms with Gasteiger partial charge in [0.25, 0.3) is 0 Å². The van der Waals surface area contributed by atoms with Crippen molar-refractivity contribution in [1.82, 2.24) is 0 Å². The second-order valence-corrected chi connectivity index (χ2v) is 3.07. The average Bonchev–Trinajstić information content (AvgIpc) is 1.94. The van der Waals surface area contributed by atoms with Gasteiger partial charge < -0.3 is 10.2 Å². The maximum Gasteiger partial charge on any atom is 0.152 e. The zero-order valence-electron chi connectivity index (χ0n) is 6.83. The number of rotatable bonds is 1. The van der Waals surface area contributed by atoms with Crippen molar-refractivity contribution in [1.29, 1.82) is 0 Å². The highest BCUT2D eigenvalue weighted by Gasteiger charge is 2.18. The van der Waals surface area contributed by atoms with Crippen LogP contribution in [-0.4, -0.2) is 10.2 Å². The van der Waals surface area contributed by atoms with Crippen LogP contribution in [0.4, 0.5) is 0 Å². The summed E-state index contributed by atoms with van der Waals surface area (Å²) in [6.07, 6.45) is 3.88. The van der Waals surface area contributed by atoms with Crippen molar-refractivity contribution in [3.63, 3.8) is 0 Å². The third-order valence-corrected chi connectivity index (χ3v) is 1.86. The fourth-order valence-electron chi connectivity index (χ4n) is 1.02. The molecule has 0 aromatic carbocycles. The number of aliphatic hydroxyl groups is 2. The van der Waals surface area contributed by atoms with Crippen LogP contribution < -0.4 is 0 Å². The lowest BCUT2D eigenvalue weighted by atomic mass is 9.88. The fourth-order valence-corrected chi connectivity index (χ4v) is 1.02. The van der Waals surface area contributed by atoms with Crippen molar-refractivity contribution in [2.75, 3.05) is 0 Å². The predicted molar refractivity (Wildman–Crippen MR) is 44.1 cm³/mol. The van der Waals surface area contributed by atoms with E-state index in [2.05, 4.69) is 13.8 Å². The summed E-state index contributed by atoms with van der Waals surface area (Å²) in [6, 6.07) is 0. The minimum Gasteiger partial charge on any atom is -0.508 e. The molecule has 0 bridgehead atoms. The van der Waals surface area contributed by atoms with Gasteiger partial charge in [-0.2, -0.15) is 0 Å². The number of hydrogen-bond donors (Lipinski definition) is 2. The lowest BCUT2D eigenvalue weighted by molar-refractivity contribution is 0.317. The van der Waals surface area contributed by atoms with Gasteiger partial charge in [0.15, 0.2) is 5.76 Å². The molecule has 0 aliphatic heterocycles. The molecule has 2 nitrogen and oxygen atoms in total. The van der Waals surface area contributed by atoms with Gasteiger partial charge in [0.2, 0.25) is 0 Å². The van der Waals surface area contributed by atoms with Gasteiger partial charge in [-0.15, -0.1) is 0 Å². The zero-order chi connectivity index (χ0) is 8.43. The van der Waals surface area contributed by atoms with Gasteiger partial charge in [-0.3, -0.25) is 0 Å². The molecular formula is C9H13O2. The quantitative estimate of drug-likeness (QED) is 0.607. The monoisotopic (exact) mass is 153 g/mol. The molecule has 61 valence electrons. The van der Waals surface area contributed by atoms with Gasteiger partial charge in [0, 0.05) is 12.3 Å². The van der Waals surface area contributed by atoms with E-state index < -0.39 is 0 Å². The Morgan fingerprint density at radius 2 is 1.91 bits per heavy atom. The van der Waals surface area contributed by atoms with Crippen LogP contribution in [0.3, 0.4) is 0 Å². The van der Waals surface area contributed by atoms with Crippen LogP contribution in [0.5, 0.6) is 0 Å². The third-order valence-electron chi connectivity index (χ3n) is 1.86. The molecule has 0 heterocycles. The number of hydrogen-bond acceptors (Lipinski definition) is 2. The van der Waals surface area contributed by atoms with E-state index in [1.807, 2.05) is 6.08 Å². The molecule has 1 aliphatic rings. The Labute approximate surface area is 66.9 Å². The van der Waals surface area contributed by atoms with Crippen LogP contribution in [-0.2, 0) is 0 Å². The Morgan fingerprint density at radius 1 is 1.27 bits per heavy atom. The minimum atomic E-state index is -0.00519. The van der Waals surface area contributed by atoms with E-state index >= 15 is 0 Å². The first kappa shape index (κ1) is 8.18. The second kappa shape index (κ2) is 2.99. The highest BCUT2D eigenvalue weighted by Crippen LogP contribution is 2.27. The summed E-state index contributed by atoms with van der Waals surface area (Å²) < 4.78 is 0. The molecule has 0 aromatic heterocycles. The van der Waals surface area contributed by atoms with Gasteiger partial charge in [-0.1, -0.05) is 19.9 Å². The molecule has 0 saturated heterocycles. The first-order valence-corrected chi connectivity index (χ1v) is 3.76. The van der Waals surface area contributed by atoms with Crippen LogP contribution in [0.2, 0.25) is 0 Å². The van der Waals surface area contributed by atoms with Crippen molar-refractivity contribution in [3.8, 4) is 0 Å². The normalized spacial score (nSPS) is 19.9. The Bertz CT molecular complexity index is 202. The van der Waals surface area contributed by atoms with Crippen molar-refractivity contribution < 1.29 is 10.2 Å². The van der Waals surface area contributed by atoms with E-state index in [1.54, 1.807) is 0 Å². The van der Waals surface area contributed by atoms with E-state index in [1.165, 1.54) is 6.08 Å². The molecule has 1 aliphatic carbocycles. The summed E-state index contributed by atoms with van der Waals surface area (Å²) in [6.45, 7) is 4.13. The Hall–Kier alpha value is -0.920. The molecule has 0 fully saturated rings. The standard InChI is InChI=1S/C9H13O2/c1-6(2)7-3-4-8(10)9(11)5-7/h3-4,6,10-11H,5H2,1-2H3. The zero-order valence-corrected chi connectivity index (χ0v) is 6.83. The summed E-state index contributed by atoms with van der Waals surface area (Å²) in [5.41, 5.74) is 0. The predicted octanol–water partition coefficient (Wildman–Crippen LogP) is 2.50. The maximum absolute atomic E-state index is 9.15. The molecule has 1 rings (SSSR count). The minimum absolute atomic E-state index is 0.00519.